The van der Waals surface area contributed by atoms with E-state index in [2.05, 4.69) is 16.7 Å². The van der Waals surface area contributed by atoms with Crippen molar-refractivity contribution in [2.45, 2.75) is 12.8 Å². The third kappa shape index (κ3) is 3.71. The van der Waals surface area contributed by atoms with Crippen LogP contribution in [0.1, 0.15) is 23.2 Å². The zero-order valence-corrected chi connectivity index (χ0v) is 13.6. The molecule has 1 saturated heterocycles. The van der Waals surface area contributed by atoms with E-state index in [0.29, 0.717) is 18.7 Å². The van der Waals surface area contributed by atoms with Crippen LogP contribution in [0.4, 0.5) is 0 Å². The average molecular weight is 312 g/mol. The second-order valence-corrected chi connectivity index (χ2v) is 6.43. The van der Waals surface area contributed by atoms with Gasteiger partial charge in [-0.1, -0.05) is 30.3 Å². The highest BCUT2D eigenvalue weighted by Gasteiger charge is 2.32. The molecular formula is C19H24N2O2. The van der Waals surface area contributed by atoms with Crippen molar-refractivity contribution < 1.29 is 9.53 Å². The lowest BCUT2D eigenvalue weighted by molar-refractivity contribution is 0.0512. The summed E-state index contributed by atoms with van der Waals surface area (Å²) in [6.07, 6.45) is 2.05. The van der Waals surface area contributed by atoms with Crippen molar-refractivity contribution >= 4 is 16.7 Å². The van der Waals surface area contributed by atoms with Crippen molar-refractivity contribution in [3.8, 4) is 0 Å². The molecular weight excluding hydrogens is 288 g/mol. The topological polar surface area (TPSA) is 50.4 Å². The van der Waals surface area contributed by atoms with Gasteiger partial charge in [0.25, 0.3) is 5.91 Å². The summed E-state index contributed by atoms with van der Waals surface area (Å²) in [5.74, 6) is -0.00948. The Bertz CT molecular complexity index is 672. The Morgan fingerprint density at radius 1 is 1.17 bits per heavy atom. The minimum Gasteiger partial charge on any atom is -0.384 e. The Morgan fingerprint density at radius 2 is 1.91 bits per heavy atom. The Balaban J connectivity index is 1.69. The molecule has 1 aliphatic rings. The van der Waals surface area contributed by atoms with Gasteiger partial charge in [-0.25, -0.2) is 0 Å². The zero-order chi connectivity index (χ0) is 16.1. The van der Waals surface area contributed by atoms with Crippen LogP contribution in [0, 0.1) is 5.41 Å². The van der Waals surface area contributed by atoms with Crippen LogP contribution >= 0.6 is 0 Å². The molecule has 4 heteroatoms. The van der Waals surface area contributed by atoms with Gasteiger partial charge >= 0.3 is 0 Å². The monoisotopic (exact) mass is 312 g/mol. The Morgan fingerprint density at radius 3 is 2.65 bits per heavy atom. The molecule has 122 valence electrons. The highest BCUT2D eigenvalue weighted by atomic mass is 16.5. The van der Waals surface area contributed by atoms with Crippen LogP contribution in [-0.4, -0.2) is 39.3 Å². The molecule has 3 rings (SSSR count). The van der Waals surface area contributed by atoms with Gasteiger partial charge in [-0.15, -0.1) is 0 Å². The first kappa shape index (κ1) is 16.0. The molecule has 1 aliphatic heterocycles. The summed E-state index contributed by atoms with van der Waals surface area (Å²) < 4.78 is 5.40. The van der Waals surface area contributed by atoms with E-state index >= 15 is 0 Å². The molecule has 4 nitrogen and oxygen atoms in total. The molecule has 1 heterocycles. The van der Waals surface area contributed by atoms with E-state index in [9.17, 15) is 4.79 Å². The fourth-order valence-corrected chi connectivity index (χ4v) is 3.34. The van der Waals surface area contributed by atoms with Crippen molar-refractivity contribution in [3.05, 3.63) is 48.0 Å². The number of methoxy groups -OCH3 is 1. The van der Waals surface area contributed by atoms with Gasteiger partial charge < -0.3 is 15.4 Å². The van der Waals surface area contributed by atoms with Crippen LogP contribution < -0.4 is 10.6 Å². The SMILES string of the molecule is COCC1(CNC(=O)c2ccc3ccccc3c2)CCNCC1. The number of hydrogen-bond acceptors (Lipinski definition) is 3. The fraction of sp³-hybridized carbons (Fsp3) is 0.421. The summed E-state index contributed by atoms with van der Waals surface area (Å²) in [6, 6.07) is 13.9. The van der Waals surface area contributed by atoms with Gasteiger partial charge in [0, 0.05) is 24.6 Å². The number of carbonyl (C=O) groups excluding carboxylic acids is 1. The number of benzene rings is 2. The Hall–Kier alpha value is -1.91. The molecule has 0 spiro atoms. The maximum absolute atomic E-state index is 12.5. The van der Waals surface area contributed by atoms with Gasteiger partial charge in [-0.05, 0) is 48.8 Å². The average Bonchev–Trinajstić information content (AvgIpc) is 2.60. The first-order valence-corrected chi connectivity index (χ1v) is 8.19. The predicted octanol–water partition coefficient (Wildman–Crippen LogP) is 2.59. The zero-order valence-electron chi connectivity index (χ0n) is 13.6. The van der Waals surface area contributed by atoms with E-state index in [1.807, 2.05) is 36.4 Å². The molecule has 0 atom stereocenters. The second kappa shape index (κ2) is 7.11. The number of nitrogens with one attached hydrogen (secondary N) is 2. The van der Waals surface area contributed by atoms with Crippen molar-refractivity contribution in [3.63, 3.8) is 0 Å². The summed E-state index contributed by atoms with van der Waals surface area (Å²) in [7, 11) is 1.73. The number of fused-ring (bicyclic) bond motifs is 1. The molecule has 2 aromatic rings. The molecule has 23 heavy (non-hydrogen) atoms. The lowest BCUT2D eigenvalue weighted by atomic mass is 9.79. The molecule has 2 aromatic carbocycles. The van der Waals surface area contributed by atoms with Gasteiger partial charge in [0.05, 0.1) is 6.61 Å². The van der Waals surface area contributed by atoms with Gasteiger partial charge in [-0.2, -0.15) is 0 Å². The molecule has 1 amide bonds. The molecule has 0 unspecified atom stereocenters. The highest BCUT2D eigenvalue weighted by molar-refractivity contribution is 5.98. The van der Waals surface area contributed by atoms with Gasteiger partial charge in [0.15, 0.2) is 0 Å². The van der Waals surface area contributed by atoms with Crippen LogP contribution in [0.3, 0.4) is 0 Å². The lowest BCUT2D eigenvalue weighted by Crippen LogP contribution is -2.47. The molecule has 1 fully saturated rings. The fourth-order valence-electron chi connectivity index (χ4n) is 3.34. The predicted molar refractivity (Wildman–Crippen MR) is 92.7 cm³/mol. The summed E-state index contributed by atoms with van der Waals surface area (Å²) in [6.45, 7) is 3.31. The second-order valence-electron chi connectivity index (χ2n) is 6.43. The van der Waals surface area contributed by atoms with E-state index in [1.54, 1.807) is 7.11 Å². The Kier molecular flexibility index (Phi) is 4.94. The van der Waals surface area contributed by atoms with E-state index in [0.717, 1.165) is 36.7 Å². The molecule has 0 radical (unpaired) electrons. The van der Waals surface area contributed by atoms with E-state index in [4.69, 9.17) is 4.74 Å². The van der Waals surface area contributed by atoms with Crippen molar-refractivity contribution in [1.29, 1.82) is 0 Å². The molecule has 0 aliphatic carbocycles. The van der Waals surface area contributed by atoms with Gasteiger partial charge in [0.2, 0.25) is 0 Å². The first-order valence-electron chi connectivity index (χ1n) is 8.19. The van der Waals surface area contributed by atoms with Crippen LogP contribution in [0.25, 0.3) is 10.8 Å². The van der Waals surface area contributed by atoms with E-state index in [-0.39, 0.29) is 11.3 Å². The van der Waals surface area contributed by atoms with Gasteiger partial charge in [-0.3, -0.25) is 4.79 Å². The first-order chi connectivity index (χ1) is 11.2. The minimum absolute atomic E-state index is 0.00948. The number of piperidine rings is 1. The lowest BCUT2D eigenvalue weighted by Gasteiger charge is -2.37. The normalized spacial score (nSPS) is 17.1. The third-order valence-electron chi connectivity index (χ3n) is 4.75. The molecule has 0 saturated carbocycles. The highest BCUT2D eigenvalue weighted by Crippen LogP contribution is 2.28. The molecule has 2 N–H and O–H groups in total. The number of carbonyl (C=O) groups is 1. The number of rotatable bonds is 5. The quantitative estimate of drug-likeness (QED) is 0.892. The number of amides is 1. The third-order valence-corrected chi connectivity index (χ3v) is 4.75. The number of hydrogen-bond donors (Lipinski definition) is 2. The Labute approximate surface area is 137 Å². The van der Waals surface area contributed by atoms with Crippen molar-refractivity contribution in [2.24, 2.45) is 5.41 Å². The van der Waals surface area contributed by atoms with Crippen LogP contribution in [0.2, 0.25) is 0 Å². The summed E-state index contributed by atoms with van der Waals surface area (Å²) >= 11 is 0. The largest absolute Gasteiger partial charge is 0.384 e. The van der Waals surface area contributed by atoms with Gasteiger partial charge in [0.1, 0.15) is 0 Å². The molecule has 0 aromatic heterocycles. The van der Waals surface area contributed by atoms with Crippen LogP contribution in [-0.2, 0) is 4.74 Å². The van der Waals surface area contributed by atoms with Crippen LogP contribution in [0.15, 0.2) is 42.5 Å². The maximum Gasteiger partial charge on any atom is 0.251 e. The number of ether oxygens (including phenoxy) is 1. The van der Waals surface area contributed by atoms with Crippen molar-refractivity contribution in [1.82, 2.24) is 10.6 Å². The van der Waals surface area contributed by atoms with E-state index in [1.165, 1.54) is 0 Å². The summed E-state index contributed by atoms with van der Waals surface area (Å²) in [5, 5.41) is 8.72. The van der Waals surface area contributed by atoms with E-state index < -0.39 is 0 Å². The minimum atomic E-state index is -0.00948. The van der Waals surface area contributed by atoms with Crippen LogP contribution in [0.5, 0.6) is 0 Å². The van der Waals surface area contributed by atoms with Crippen molar-refractivity contribution in [2.75, 3.05) is 33.4 Å². The smallest absolute Gasteiger partial charge is 0.251 e. The summed E-state index contributed by atoms with van der Waals surface area (Å²) in [4.78, 5) is 12.5. The standard InChI is InChI=1S/C19H24N2O2/c1-23-14-19(8-10-20-11-9-19)13-21-18(22)17-7-6-15-4-2-3-5-16(15)12-17/h2-7,12,20H,8-11,13-14H2,1H3,(H,21,22). The molecule has 0 bridgehead atoms. The summed E-state index contributed by atoms with van der Waals surface area (Å²) in [5.41, 5.74) is 0.761. The maximum atomic E-state index is 12.5.